The molecule has 0 spiro atoms. The van der Waals surface area contributed by atoms with Crippen LogP contribution in [0.1, 0.15) is 116 Å². The van der Waals surface area contributed by atoms with Crippen LogP contribution >= 0.6 is 0 Å². The normalized spacial score (nSPS) is 11.9. The largest absolute Gasteiger partial charge is 0.481 e. The van der Waals surface area contributed by atoms with Crippen LogP contribution in [-0.2, 0) is 19.2 Å². The number of nitrogens with one attached hydrogen (secondary N) is 3. The Morgan fingerprint density at radius 1 is 0.615 bits per heavy atom. The average Bonchev–Trinajstić information content (AvgIpc) is 2.89. The van der Waals surface area contributed by atoms with E-state index in [4.69, 9.17) is 10.2 Å². The van der Waals surface area contributed by atoms with Crippen LogP contribution < -0.4 is 16.0 Å². The van der Waals surface area contributed by atoms with Crippen LogP contribution in [0.5, 0.6) is 0 Å². The van der Waals surface area contributed by atoms with E-state index in [2.05, 4.69) is 20.9 Å². The summed E-state index contributed by atoms with van der Waals surface area (Å²) in [5.41, 5.74) is 0. The maximum absolute atomic E-state index is 12.0. The second-order valence-corrected chi connectivity index (χ2v) is 10.6. The van der Waals surface area contributed by atoms with Crippen molar-refractivity contribution in [3.63, 3.8) is 0 Å². The molecular weight excluding hydrogens is 500 g/mol. The van der Waals surface area contributed by atoms with Gasteiger partial charge < -0.3 is 31.1 Å². The van der Waals surface area contributed by atoms with Crippen LogP contribution in [0.3, 0.4) is 0 Å². The minimum atomic E-state index is -0.849. The molecule has 0 heterocycles. The van der Waals surface area contributed by atoms with Gasteiger partial charge in [0.15, 0.2) is 0 Å². The van der Waals surface area contributed by atoms with Gasteiger partial charge in [-0.15, -0.1) is 0 Å². The Morgan fingerprint density at radius 3 is 1.62 bits per heavy atom. The molecule has 0 fully saturated rings. The van der Waals surface area contributed by atoms with Crippen molar-refractivity contribution >= 4 is 23.8 Å². The molecule has 0 saturated carbocycles. The second-order valence-electron chi connectivity index (χ2n) is 10.6. The van der Waals surface area contributed by atoms with Gasteiger partial charge in [-0.2, -0.15) is 0 Å². The van der Waals surface area contributed by atoms with Crippen LogP contribution in [-0.4, -0.2) is 85.2 Å². The van der Waals surface area contributed by atoms with Crippen LogP contribution in [0.2, 0.25) is 0 Å². The van der Waals surface area contributed by atoms with Crippen molar-refractivity contribution in [1.29, 1.82) is 0 Å². The lowest BCUT2D eigenvalue weighted by Gasteiger charge is -2.16. The Labute approximate surface area is 236 Å². The van der Waals surface area contributed by atoms with Crippen molar-refractivity contribution in [3.05, 3.63) is 0 Å². The number of carboxylic acid groups (broad SMARTS) is 2. The molecule has 39 heavy (non-hydrogen) atoms. The molecular formula is C29H56N4O6. The Balaban J connectivity index is 3.48. The molecule has 0 bridgehead atoms. The number of rotatable bonds is 28. The third-order valence-electron chi connectivity index (χ3n) is 6.94. The maximum Gasteiger partial charge on any atom is 0.320 e. The maximum atomic E-state index is 12.0. The van der Waals surface area contributed by atoms with Crippen LogP contribution in [0, 0.1) is 0 Å². The first-order valence-corrected chi connectivity index (χ1v) is 15.1. The van der Waals surface area contributed by atoms with Crippen molar-refractivity contribution < 1.29 is 29.4 Å². The molecule has 0 aliphatic heterocycles. The van der Waals surface area contributed by atoms with Crippen LogP contribution in [0.25, 0.3) is 0 Å². The van der Waals surface area contributed by atoms with Crippen LogP contribution in [0.4, 0.5) is 0 Å². The lowest BCUT2D eigenvalue weighted by molar-refractivity contribution is -0.139. The fourth-order valence-electron chi connectivity index (χ4n) is 4.40. The molecule has 0 aromatic carbocycles. The van der Waals surface area contributed by atoms with Crippen molar-refractivity contribution in [1.82, 2.24) is 20.9 Å². The number of likely N-dealkylation sites (N-methyl/N-ethyl adjacent to an activating group) is 1. The molecule has 0 radical (unpaired) electrons. The number of nitrogens with zero attached hydrogens (tertiary/aromatic N) is 1. The minimum Gasteiger partial charge on any atom is -0.481 e. The predicted molar refractivity (Wildman–Crippen MR) is 155 cm³/mol. The topological polar surface area (TPSA) is 148 Å². The minimum absolute atomic E-state index is 0.00326. The molecule has 1 atom stereocenters. The van der Waals surface area contributed by atoms with E-state index in [0.29, 0.717) is 38.9 Å². The van der Waals surface area contributed by atoms with Gasteiger partial charge in [0.2, 0.25) is 11.8 Å². The van der Waals surface area contributed by atoms with Crippen LogP contribution in [0.15, 0.2) is 0 Å². The fourth-order valence-corrected chi connectivity index (χ4v) is 4.40. The highest BCUT2D eigenvalue weighted by atomic mass is 16.4. The summed E-state index contributed by atoms with van der Waals surface area (Å²) in [7, 11) is 3.61. The number of amides is 2. The summed E-state index contributed by atoms with van der Waals surface area (Å²) in [6.45, 7) is 2.68. The molecule has 0 aliphatic carbocycles. The van der Waals surface area contributed by atoms with Gasteiger partial charge in [0, 0.05) is 38.9 Å². The van der Waals surface area contributed by atoms with Gasteiger partial charge >= 0.3 is 11.9 Å². The van der Waals surface area contributed by atoms with E-state index < -0.39 is 18.0 Å². The van der Waals surface area contributed by atoms with Gasteiger partial charge in [-0.1, -0.05) is 57.8 Å². The zero-order valence-corrected chi connectivity index (χ0v) is 24.6. The smallest absolute Gasteiger partial charge is 0.320 e. The van der Waals surface area contributed by atoms with Gasteiger partial charge in [0.1, 0.15) is 6.04 Å². The molecule has 5 N–H and O–H groups in total. The summed E-state index contributed by atoms with van der Waals surface area (Å²) in [4.78, 5) is 47.5. The first kappa shape index (κ1) is 36.8. The highest BCUT2D eigenvalue weighted by molar-refractivity contribution is 5.76. The van der Waals surface area contributed by atoms with Crippen molar-refractivity contribution in [2.24, 2.45) is 0 Å². The number of aliphatic carboxylic acids is 2. The first-order valence-electron chi connectivity index (χ1n) is 15.1. The number of carbonyl (C=O) groups is 4. The molecule has 0 unspecified atom stereocenters. The quantitative estimate of drug-likeness (QED) is 0.0911. The molecule has 0 aliphatic rings. The van der Waals surface area contributed by atoms with Gasteiger partial charge in [-0.25, -0.2) is 0 Å². The van der Waals surface area contributed by atoms with Crippen molar-refractivity contribution in [2.45, 2.75) is 122 Å². The number of carbonyl (C=O) groups excluding carboxylic acids is 2. The Bertz CT molecular complexity index is 662. The molecule has 10 heteroatoms. The van der Waals surface area contributed by atoms with Gasteiger partial charge in [-0.05, 0) is 59.2 Å². The number of hydrogen-bond acceptors (Lipinski definition) is 6. The molecule has 0 aromatic heterocycles. The average molecular weight is 557 g/mol. The highest BCUT2D eigenvalue weighted by Gasteiger charge is 2.13. The second kappa shape index (κ2) is 26.0. The van der Waals surface area contributed by atoms with E-state index in [0.717, 1.165) is 57.9 Å². The van der Waals surface area contributed by atoms with Gasteiger partial charge in [0.05, 0.1) is 0 Å². The third kappa shape index (κ3) is 25.8. The summed E-state index contributed by atoms with van der Waals surface area (Å²) >= 11 is 0. The van der Waals surface area contributed by atoms with E-state index in [9.17, 15) is 19.2 Å². The molecule has 0 aromatic rings. The van der Waals surface area contributed by atoms with E-state index in [-0.39, 0.29) is 18.2 Å². The van der Waals surface area contributed by atoms with Crippen molar-refractivity contribution in [2.75, 3.05) is 40.3 Å². The Morgan fingerprint density at radius 2 is 1.10 bits per heavy atom. The van der Waals surface area contributed by atoms with E-state index in [1.165, 1.54) is 38.5 Å². The predicted octanol–water partition coefficient (Wildman–Crippen LogP) is 3.93. The monoisotopic (exact) mass is 556 g/mol. The number of carboxylic acids is 2. The highest BCUT2D eigenvalue weighted by Crippen LogP contribution is 2.12. The molecule has 10 nitrogen and oxygen atoms in total. The van der Waals surface area contributed by atoms with Gasteiger partial charge in [-0.3, -0.25) is 19.2 Å². The summed E-state index contributed by atoms with van der Waals surface area (Å²) in [5.74, 6) is -1.43. The molecule has 0 saturated heterocycles. The number of hydrogen-bond donors (Lipinski definition) is 5. The van der Waals surface area contributed by atoms with Gasteiger partial charge in [0.25, 0.3) is 0 Å². The lowest BCUT2D eigenvalue weighted by Crippen LogP contribution is -2.34. The summed E-state index contributed by atoms with van der Waals surface area (Å²) in [5, 5.41) is 26.2. The first-order chi connectivity index (χ1) is 18.8. The van der Waals surface area contributed by atoms with Crippen molar-refractivity contribution in [3.8, 4) is 0 Å². The van der Waals surface area contributed by atoms with E-state index in [1.807, 2.05) is 7.05 Å². The number of unbranched alkanes of at least 4 members (excludes halogenated alkanes) is 11. The zero-order valence-electron chi connectivity index (χ0n) is 24.6. The summed E-state index contributed by atoms with van der Waals surface area (Å²) < 4.78 is 0. The fraction of sp³-hybridized carbons (Fsp3) is 0.862. The Kier molecular flexibility index (Phi) is 24.6. The molecule has 2 amide bonds. The zero-order chi connectivity index (χ0) is 29.1. The SMILES string of the molecule is CN[C@@H](CCCCNC(=O)CCN(C)CCCNC(=O)CCCCCCCCCCCCCC(=O)O)C(=O)O. The Hall–Kier alpha value is -2.20. The molecule has 228 valence electrons. The third-order valence-corrected chi connectivity index (χ3v) is 6.94. The standard InChI is InChI=1S/C29H56N4O6/c1-30-25(29(38)39)17-14-15-21-31-27(35)20-24-33(2)23-16-22-32-26(34)18-12-10-8-6-4-3-5-7-9-11-13-19-28(36)37/h25,30H,3-24H2,1-2H3,(H,31,35)(H,32,34)(H,36,37)(H,38,39)/t25-/m0/s1. The van der Waals surface area contributed by atoms with E-state index >= 15 is 0 Å². The summed E-state index contributed by atoms with van der Waals surface area (Å²) in [6.07, 6.45) is 16.4. The van der Waals surface area contributed by atoms with E-state index in [1.54, 1.807) is 7.05 Å². The summed E-state index contributed by atoms with van der Waals surface area (Å²) in [6, 6.07) is -0.536. The molecule has 0 rings (SSSR count). The lowest BCUT2D eigenvalue weighted by atomic mass is 10.0.